The number of amides is 3. The van der Waals surface area contributed by atoms with Crippen LogP contribution in [0.5, 0.6) is 0 Å². The molecule has 7 atom stereocenters. The molecule has 3 amide bonds. The SMILES string of the molecule is CC(C)(C)NC(=O)[C@@H]1C[C@@H]2CCCC[C@@H]2CN1C[C@@H](O)[C@H](Cc1ccccc1)NC(=O)[C@@H](NC(=O)c1ccc2ccccc2n1)[C@@H]1CCOC1. The fraction of sp³-hybridized carbons (Fsp3) is 0.550. The van der Waals surface area contributed by atoms with Crippen LogP contribution in [0.15, 0.2) is 66.7 Å². The zero-order valence-electron chi connectivity index (χ0n) is 29.6. The number of likely N-dealkylation sites (tertiary alicyclic amines) is 1. The number of fused-ring (bicyclic) bond motifs is 2. The summed E-state index contributed by atoms with van der Waals surface area (Å²) in [6.45, 7) is 7.80. The fourth-order valence-corrected chi connectivity index (χ4v) is 8.04. The number of rotatable bonds is 11. The van der Waals surface area contributed by atoms with Crippen LogP contribution in [-0.4, -0.2) is 88.8 Å². The van der Waals surface area contributed by atoms with E-state index >= 15 is 0 Å². The second-order valence-electron chi connectivity index (χ2n) is 15.6. The zero-order chi connectivity index (χ0) is 35.3. The van der Waals surface area contributed by atoms with E-state index in [1.165, 1.54) is 12.8 Å². The molecule has 2 aromatic carbocycles. The van der Waals surface area contributed by atoms with Crippen molar-refractivity contribution in [3.05, 3.63) is 78.0 Å². The summed E-state index contributed by atoms with van der Waals surface area (Å²) in [5.74, 6) is -0.0627. The lowest BCUT2D eigenvalue weighted by Gasteiger charge is -2.47. The summed E-state index contributed by atoms with van der Waals surface area (Å²) in [5, 5.41) is 22.2. The second kappa shape index (κ2) is 16.0. The standard InChI is InChI=1S/C40H53N5O5/c1-40(2,3)44-38(48)34-22-28-14-7-8-15-29(28)23-45(34)24-35(46)33(21-26-11-5-4-6-12-26)42-39(49)36(30-19-20-50-25-30)43-37(47)32-18-17-27-13-9-10-16-31(27)41-32/h4-6,9-13,16-18,28-30,33-36,46H,7-8,14-15,19-25H2,1-3H3,(H,42,49)(H,43,47)(H,44,48)/t28-,29+,30+,33-,34-,35+,36-/m0/s1. The van der Waals surface area contributed by atoms with E-state index in [-0.39, 0.29) is 41.6 Å². The van der Waals surface area contributed by atoms with Gasteiger partial charge in [0.25, 0.3) is 5.91 Å². The van der Waals surface area contributed by atoms with Crippen molar-refractivity contribution in [2.75, 3.05) is 26.3 Å². The number of carbonyl (C=O) groups is 3. The van der Waals surface area contributed by atoms with Crippen molar-refractivity contribution in [1.29, 1.82) is 0 Å². The molecule has 4 N–H and O–H groups in total. The Morgan fingerprint density at radius 1 is 0.940 bits per heavy atom. The van der Waals surface area contributed by atoms with Gasteiger partial charge >= 0.3 is 0 Å². The Morgan fingerprint density at radius 2 is 1.68 bits per heavy atom. The van der Waals surface area contributed by atoms with Crippen molar-refractivity contribution in [1.82, 2.24) is 25.8 Å². The van der Waals surface area contributed by atoms with Gasteiger partial charge in [-0.15, -0.1) is 0 Å². The predicted octanol–water partition coefficient (Wildman–Crippen LogP) is 4.25. The minimum absolute atomic E-state index is 0.0105. The number of aliphatic hydroxyl groups excluding tert-OH is 1. The molecular formula is C40H53N5O5. The van der Waals surface area contributed by atoms with Gasteiger partial charge in [-0.25, -0.2) is 4.98 Å². The minimum Gasteiger partial charge on any atom is -0.390 e. The van der Waals surface area contributed by atoms with E-state index in [9.17, 15) is 19.5 Å². The van der Waals surface area contributed by atoms with Gasteiger partial charge in [0, 0.05) is 36.5 Å². The number of aromatic nitrogens is 1. The first-order valence-corrected chi connectivity index (χ1v) is 18.4. The molecule has 2 saturated heterocycles. The summed E-state index contributed by atoms with van der Waals surface area (Å²) in [5.41, 5.74) is 1.52. The molecule has 0 unspecified atom stereocenters. The molecule has 6 rings (SSSR count). The van der Waals surface area contributed by atoms with Gasteiger partial charge in [0.15, 0.2) is 0 Å². The first-order chi connectivity index (χ1) is 24.0. The maximum absolute atomic E-state index is 14.2. The first kappa shape index (κ1) is 35.9. The van der Waals surface area contributed by atoms with Gasteiger partial charge in [0.2, 0.25) is 11.8 Å². The minimum atomic E-state index is -0.970. The van der Waals surface area contributed by atoms with Crippen molar-refractivity contribution in [2.24, 2.45) is 17.8 Å². The lowest BCUT2D eigenvalue weighted by atomic mass is 9.72. The maximum atomic E-state index is 14.2. The highest BCUT2D eigenvalue weighted by atomic mass is 16.5. The van der Waals surface area contributed by atoms with Crippen LogP contribution in [0, 0.1) is 17.8 Å². The number of nitrogens with zero attached hydrogens (tertiary/aromatic N) is 2. The molecule has 0 radical (unpaired) electrons. The number of hydrogen-bond donors (Lipinski definition) is 4. The van der Waals surface area contributed by atoms with Crippen molar-refractivity contribution in [3.8, 4) is 0 Å². The van der Waals surface area contributed by atoms with E-state index in [4.69, 9.17) is 4.74 Å². The number of pyridine rings is 1. The van der Waals surface area contributed by atoms with E-state index in [2.05, 4.69) is 25.8 Å². The topological polar surface area (TPSA) is 133 Å². The number of β-amino-alcohol motifs (C(OH)–C–C–N with tert-alkyl or cyclic N) is 1. The van der Waals surface area contributed by atoms with Crippen LogP contribution >= 0.6 is 0 Å². The summed E-state index contributed by atoms with van der Waals surface area (Å²) < 4.78 is 5.65. The Morgan fingerprint density at radius 3 is 2.42 bits per heavy atom. The Kier molecular flexibility index (Phi) is 11.5. The molecule has 50 heavy (non-hydrogen) atoms. The first-order valence-electron chi connectivity index (χ1n) is 18.4. The fourth-order valence-electron chi connectivity index (χ4n) is 8.04. The summed E-state index contributed by atoms with van der Waals surface area (Å²) >= 11 is 0. The molecule has 3 aliphatic rings. The predicted molar refractivity (Wildman–Crippen MR) is 193 cm³/mol. The van der Waals surface area contributed by atoms with E-state index < -0.39 is 24.1 Å². The van der Waals surface area contributed by atoms with Crippen LogP contribution in [0.1, 0.15) is 75.3 Å². The monoisotopic (exact) mass is 683 g/mol. The molecule has 0 bridgehead atoms. The van der Waals surface area contributed by atoms with Crippen LogP contribution in [-0.2, 0) is 20.7 Å². The number of para-hydroxylation sites is 1. The van der Waals surface area contributed by atoms with E-state index in [0.717, 1.165) is 36.8 Å². The summed E-state index contributed by atoms with van der Waals surface area (Å²) in [4.78, 5) is 48.2. The number of nitrogens with one attached hydrogen (secondary N) is 3. The summed E-state index contributed by atoms with van der Waals surface area (Å²) in [6, 6.07) is 19.0. The molecule has 2 aliphatic heterocycles. The lowest BCUT2D eigenvalue weighted by molar-refractivity contribution is -0.133. The number of piperidine rings is 1. The average Bonchev–Trinajstić information content (AvgIpc) is 3.64. The van der Waals surface area contributed by atoms with Gasteiger partial charge in [0.1, 0.15) is 11.7 Å². The van der Waals surface area contributed by atoms with Crippen molar-refractivity contribution in [2.45, 2.75) is 95.5 Å². The average molecular weight is 684 g/mol. The second-order valence-corrected chi connectivity index (χ2v) is 15.6. The van der Waals surface area contributed by atoms with Crippen LogP contribution in [0.4, 0.5) is 0 Å². The quantitative estimate of drug-likeness (QED) is 0.238. The third-order valence-corrected chi connectivity index (χ3v) is 10.7. The molecule has 1 aliphatic carbocycles. The molecular weight excluding hydrogens is 630 g/mol. The number of ether oxygens (including phenoxy) is 1. The van der Waals surface area contributed by atoms with Crippen molar-refractivity contribution in [3.63, 3.8) is 0 Å². The van der Waals surface area contributed by atoms with Gasteiger partial charge in [-0.05, 0) is 76.0 Å². The molecule has 3 fully saturated rings. The lowest BCUT2D eigenvalue weighted by Crippen LogP contribution is -2.61. The number of benzene rings is 2. The van der Waals surface area contributed by atoms with Gasteiger partial charge < -0.3 is 25.8 Å². The van der Waals surface area contributed by atoms with Gasteiger partial charge in [0.05, 0.1) is 30.3 Å². The third-order valence-electron chi connectivity index (χ3n) is 10.7. The number of aliphatic hydroxyl groups is 1. The molecule has 0 spiro atoms. The molecule has 3 aromatic rings. The van der Waals surface area contributed by atoms with Crippen molar-refractivity contribution < 1.29 is 24.2 Å². The molecule has 3 heterocycles. The molecule has 1 saturated carbocycles. The van der Waals surface area contributed by atoms with Gasteiger partial charge in [-0.3, -0.25) is 19.3 Å². The van der Waals surface area contributed by atoms with Gasteiger partial charge in [-0.2, -0.15) is 0 Å². The Bertz CT molecular complexity index is 1620. The highest BCUT2D eigenvalue weighted by Crippen LogP contribution is 2.39. The Hall–Kier alpha value is -3.86. The third kappa shape index (κ3) is 9.08. The van der Waals surface area contributed by atoms with Gasteiger partial charge in [-0.1, -0.05) is 73.9 Å². The van der Waals surface area contributed by atoms with Crippen molar-refractivity contribution >= 4 is 28.6 Å². The number of carbonyl (C=O) groups excluding carboxylic acids is 3. The maximum Gasteiger partial charge on any atom is 0.270 e. The molecule has 10 nitrogen and oxygen atoms in total. The van der Waals surface area contributed by atoms with Crippen LogP contribution < -0.4 is 16.0 Å². The van der Waals surface area contributed by atoms with Crippen LogP contribution in [0.25, 0.3) is 10.9 Å². The smallest absolute Gasteiger partial charge is 0.270 e. The largest absolute Gasteiger partial charge is 0.390 e. The van der Waals surface area contributed by atoms with Crippen LogP contribution in [0.2, 0.25) is 0 Å². The molecule has 1 aromatic heterocycles. The Balaban J connectivity index is 1.22. The molecule has 268 valence electrons. The van der Waals surface area contributed by atoms with E-state index in [1.807, 2.05) is 81.4 Å². The summed E-state index contributed by atoms with van der Waals surface area (Å²) in [6.07, 6.45) is 5.47. The number of hydrogen-bond acceptors (Lipinski definition) is 7. The van der Waals surface area contributed by atoms with Crippen LogP contribution in [0.3, 0.4) is 0 Å². The van der Waals surface area contributed by atoms with E-state index in [1.54, 1.807) is 6.07 Å². The summed E-state index contributed by atoms with van der Waals surface area (Å²) in [7, 11) is 0. The zero-order valence-corrected chi connectivity index (χ0v) is 29.6. The Labute approximate surface area is 295 Å². The highest BCUT2D eigenvalue weighted by Gasteiger charge is 2.42. The van der Waals surface area contributed by atoms with E-state index in [0.29, 0.717) is 43.4 Å². The normalized spacial score (nSPS) is 24.5. The molecule has 10 heteroatoms. The highest BCUT2D eigenvalue weighted by molar-refractivity contribution is 5.98.